The first-order chi connectivity index (χ1) is 10.6. The van der Waals surface area contributed by atoms with Crippen LogP contribution in [0, 0.1) is 0 Å². The molecular formula is C15H9ClN2O4. The fourth-order valence-electron chi connectivity index (χ4n) is 2.00. The zero-order chi connectivity index (χ0) is 15.7. The maximum absolute atomic E-state index is 12.5. The van der Waals surface area contributed by atoms with Gasteiger partial charge >= 0.3 is 6.03 Å². The Morgan fingerprint density at radius 2 is 1.82 bits per heavy atom. The second kappa shape index (κ2) is 5.50. The van der Waals surface area contributed by atoms with Gasteiger partial charge in [0.05, 0.1) is 12.0 Å². The molecule has 0 atom stereocenters. The molecule has 1 aliphatic rings. The van der Waals surface area contributed by atoms with E-state index in [9.17, 15) is 14.4 Å². The highest BCUT2D eigenvalue weighted by Crippen LogP contribution is 2.23. The van der Waals surface area contributed by atoms with Crippen LogP contribution in [0.3, 0.4) is 0 Å². The van der Waals surface area contributed by atoms with Gasteiger partial charge in [-0.25, -0.2) is 9.69 Å². The van der Waals surface area contributed by atoms with Crippen molar-refractivity contribution >= 4 is 41.2 Å². The Morgan fingerprint density at radius 1 is 1.09 bits per heavy atom. The summed E-state index contributed by atoms with van der Waals surface area (Å²) < 4.78 is 5.09. The van der Waals surface area contributed by atoms with Crippen LogP contribution < -0.4 is 10.2 Å². The summed E-state index contributed by atoms with van der Waals surface area (Å²) in [6.45, 7) is 0. The van der Waals surface area contributed by atoms with Crippen LogP contribution in [0.15, 0.2) is 52.7 Å². The highest BCUT2D eigenvalue weighted by Gasteiger charge is 2.36. The summed E-state index contributed by atoms with van der Waals surface area (Å²) in [5.41, 5.74) is 0.120. The number of nitrogens with one attached hydrogen (secondary N) is 1. The summed E-state index contributed by atoms with van der Waals surface area (Å²) in [6, 6.07) is 8.53. The first-order valence-corrected chi connectivity index (χ1v) is 6.64. The van der Waals surface area contributed by atoms with Gasteiger partial charge in [0.15, 0.2) is 0 Å². The lowest BCUT2D eigenvalue weighted by molar-refractivity contribution is -0.122. The van der Waals surface area contributed by atoms with Crippen molar-refractivity contribution in [2.75, 3.05) is 4.90 Å². The molecule has 3 rings (SSSR count). The standard InChI is InChI=1S/C15H9ClN2O4/c16-9-3-5-10(6-4-9)18-14(20)12(13(19)17-15(18)21)8-11-2-1-7-22-11/h1-8H,(H,17,19,21)/b12-8+. The topological polar surface area (TPSA) is 79.6 Å². The summed E-state index contributed by atoms with van der Waals surface area (Å²) in [4.78, 5) is 37.1. The molecule has 110 valence electrons. The first kappa shape index (κ1) is 14.1. The third-order valence-electron chi connectivity index (χ3n) is 3.02. The number of furan rings is 1. The Balaban J connectivity index is 2.01. The number of amides is 4. The normalized spacial score (nSPS) is 17.0. The average Bonchev–Trinajstić information content (AvgIpc) is 2.98. The zero-order valence-electron chi connectivity index (χ0n) is 11.1. The van der Waals surface area contributed by atoms with E-state index in [2.05, 4.69) is 5.32 Å². The lowest BCUT2D eigenvalue weighted by Crippen LogP contribution is -2.54. The van der Waals surface area contributed by atoms with E-state index in [-0.39, 0.29) is 5.57 Å². The number of carbonyl (C=O) groups is 3. The summed E-state index contributed by atoms with van der Waals surface area (Å²) >= 11 is 5.79. The summed E-state index contributed by atoms with van der Waals surface area (Å²) in [5, 5.41) is 2.59. The van der Waals surface area contributed by atoms with Crippen molar-refractivity contribution in [1.29, 1.82) is 0 Å². The fourth-order valence-corrected chi connectivity index (χ4v) is 2.12. The van der Waals surface area contributed by atoms with E-state index in [4.69, 9.17) is 16.0 Å². The van der Waals surface area contributed by atoms with E-state index in [1.54, 1.807) is 24.3 Å². The Kier molecular flexibility index (Phi) is 3.52. The van der Waals surface area contributed by atoms with Crippen LogP contribution in [0.25, 0.3) is 6.08 Å². The Morgan fingerprint density at radius 3 is 2.45 bits per heavy atom. The molecule has 0 saturated carbocycles. The first-order valence-electron chi connectivity index (χ1n) is 6.27. The molecule has 6 nitrogen and oxygen atoms in total. The number of hydrogen-bond acceptors (Lipinski definition) is 4. The van der Waals surface area contributed by atoms with E-state index in [0.717, 1.165) is 4.90 Å². The molecule has 2 aromatic rings. The molecule has 0 radical (unpaired) electrons. The van der Waals surface area contributed by atoms with Crippen molar-refractivity contribution < 1.29 is 18.8 Å². The van der Waals surface area contributed by atoms with Crippen molar-refractivity contribution in [1.82, 2.24) is 5.32 Å². The molecule has 0 unspecified atom stereocenters. The van der Waals surface area contributed by atoms with Crippen LogP contribution in [-0.4, -0.2) is 17.8 Å². The monoisotopic (exact) mass is 316 g/mol. The number of carbonyl (C=O) groups excluding carboxylic acids is 3. The number of rotatable bonds is 2. The number of halogens is 1. The van der Waals surface area contributed by atoms with Crippen molar-refractivity contribution in [3.05, 3.63) is 59.0 Å². The number of imide groups is 2. The minimum atomic E-state index is -0.811. The van der Waals surface area contributed by atoms with Crippen LogP contribution in [0.2, 0.25) is 5.02 Å². The van der Waals surface area contributed by atoms with Gasteiger partial charge in [0.1, 0.15) is 11.3 Å². The number of anilines is 1. The average molecular weight is 317 g/mol. The van der Waals surface area contributed by atoms with Gasteiger partial charge in [0.25, 0.3) is 11.8 Å². The van der Waals surface area contributed by atoms with Crippen LogP contribution in [0.1, 0.15) is 5.76 Å². The second-order valence-electron chi connectivity index (χ2n) is 4.45. The lowest BCUT2D eigenvalue weighted by Gasteiger charge is -2.26. The minimum Gasteiger partial charge on any atom is -0.465 e. The number of nitrogens with zero attached hydrogens (tertiary/aromatic N) is 1. The largest absolute Gasteiger partial charge is 0.465 e. The summed E-state index contributed by atoms with van der Waals surface area (Å²) in [6.07, 6.45) is 2.70. The van der Waals surface area contributed by atoms with Crippen molar-refractivity contribution in [3.63, 3.8) is 0 Å². The maximum Gasteiger partial charge on any atom is 0.335 e. The molecule has 7 heteroatoms. The number of benzene rings is 1. The van der Waals surface area contributed by atoms with Gasteiger partial charge in [-0.15, -0.1) is 0 Å². The van der Waals surface area contributed by atoms with Crippen molar-refractivity contribution in [2.24, 2.45) is 0 Å². The van der Waals surface area contributed by atoms with E-state index in [1.165, 1.54) is 24.5 Å². The third-order valence-corrected chi connectivity index (χ3v) is 3.27. The Labute approximate surface area is 130 Å². The van der Waals surface area contributed by atoms with Gasteiger partial charge in [0.2, 0.25) is 0 Å². The molecule has 1 N–H and O–H groups in total. The molecule has 1 fully saturated rings. The highest BCUT2D eigenvalue weighted by atomic mass is 35.5. The Hall–Kier alpha value is -2.86. The van der Waals surface area contributed by atoms with Gasteiger partial charge in [-0.2, -0.15) is 0 Å². The van der Waals surface area contributed by atoms with E-state index in [0.29, 0.717) is 16.5 Å². The summed E-state index contributed by atoms with van der Waals surface area (Å²) in [5.74, 6) is -1.16. The number of urea groups is 1. The fraction of sp³-hybridized carbons (Fsp3) is 0. The SMILES string of the molecule is O=C1NC(=O)N(c2ccc(Cl)cc2)C(=O)/C1=C/c1ccco1. The third kappa shape index (κ3) is 2.51. The quantitative estimate of drug-likeness (QED) is 0.682. The van der Waals surface area contributed by atoms with E-state index in [1.807, 2.05) is 0 Å². The van der Waals surface area contributed by atoms with Gasteiger partial charge in [-0.1, -0.05) is 11.6 Å². The van der Waals surface area contributed by atoms with Crippen LogP contribution in [0.5, 0.6) is 0 Å². The molecule has 0 spiro atoms. The smallest absolute Gasteiger partial charge is 0.335 e. The van der Waals surface area contributed by atoms with Crippen LogP contribution in [0.4, 0.5) is 10.5 Å². The highest BCUT2D eigenvalue weighted by molar-refractivity contribution is 6.39. The van der Waals surface area contributed by atoms with Gasteiger partial charge in [-0.05, 0) is 42.5 Å². The zero-order valence-corrected chi connectivity index (χ0v) is 11.8. The van der Waals surface area contributed by atoms with E-state index >= 15 is 0 Å². The molecule has 1 aromatic heterocycles. The predicted molar refractivity (Wildman–Crippen MR) is 79.2 cm³/mol. The molecule has 1 saturated heterocycles. The molecule has 1 aromatic carbocycles. The van der Waals surface area contributed by atoms with Crippen molar-refractivity contribution in [3.8, 4) is 0 Å². The minimum absolute atomic E-state index is 0.190. The molecular weight excluding hydrogens is 308 g/mol. The van der Waals surface area contributed by atoms with E-state index < -0.39 is 17.8 Å². The predicted octanol–water partition coefficient (Wildman–Crippen LogP) is 2.60. The van der Waals surface area contributed by atoms with Gasteiger partial charge in [-0.3, -0.25) is 14.9 Å². The molecule has 0 bridgehead atoms. The maximum atomic E-state index is 12.5. The molecule has 0 aliphatic carbocycles. The summed E-state index contributed by atoms with van der Waals surface area (Å²) in [7, 11) is 0. The molecule has 1 aliphatic heterocycles. The lowest BCUT2D eigenvalue weighted by atomic mass is 10.1. The van der Waals surface area contributed by atoms with Crippen molar-refractivity contribution in [2.45, 2.75) is 0 Å². The molecule has 2 heterocycles. The number of barbiturate groups is 1. The van der Waals surface area contributed by atoms with Gasteiger partial charge < -0.3 is 4.42 Å². The Bertz CT molecular complexity index is 778. The number of hydrogen-bond donors (Lipinski definition) is 1. The van der Waals surface area contributed by atoms with Crippen LogP contribution in [-0.2, 0) is 9.59 Å². The van der Waals surface area contributed by atoms with Gasteiger partial charge in [0, 0.05) is 5.02 Å². The van der Waals surface area contributed by atoms with Crippen LogP contribution >= 0.6 is 11.6 Å². The molecule has 22 heavy (non-hydrogen) atoms. The molecule has 4 amide bonds. The second-order valence-corrected chi connectivity index (χ2v) is 4.89.